The van der Waals surface area contributed by atoms with Crippen LogP contribution >= 0.6 is 0 Å². The quantitative estimate of drug-likeness (QED) is 0.478. The first kappa shape index (κ1) is 18.6. The molecule has 0 spiro atoms. The Morgan fingerprint density at radius 3 is 2.40 bits per heavy atom. The Bertz CT molecular complexity index is 569. The van der Waals surface area contributed by atoms with E-state index < -0.39 is 0 Å². The normalized spacial score (nSPS) is 29.2. The standard InChI is InChI=1S/C23H32F2/c1-3-5-7-16-8-9-18-13-19(11-10-17(18)12-16)20-14-22(24)21(6-4-2)23(25)15-20/h3,14-19H,1,4-13H2,2H3/t16-,17-,18-,19?/m1/s1. The van der Waals surface area contributed by atoms with Gasteiger partial charge in [-0.05, 0) is 92.7 Å². The SMILES string of the molecule is C=CCC[C@@H]1CC[C@@H]2CC(c3cc(F)c(CCC)c(F)c3)CC[C@@H]2C1. The molecule has 0 nitrogen and oxygen atoms in total. The third kappa shape index (κ3) is 4.33. The monoisotopic (exact) mass is 346 g/mol. The first-order chi connectivity index (χ1) is 12.1. The van der Waals surface area contributed by atoms with Crippen LogP contribution in [-0.2, 0) is 6.42 Å². The molecule has 0 radical (unpaired) electrons. The summed E-state index contributed by atoms with van der Waals surface area (Å²) in [5.74, 6) is 2.10. The number of rotatable bonds is 6. The van der Waals surface area contributed by atoms with Crippen LogP contribution in [-0.4, -0.2) is 0 Å². The van der Waals surface area contributed by atoms with Crippen LogP contribution in [0.15, 0.2) is 24.8 Å². The lowest BCUT2D eigenvalue weighted by Gasteiger charge is -2.42. The van der Waals surface area contributed by atoms with Crippen LogP contribution in [0, 0.1) is 29.4 Å². The van der Waals surface area contributed by atoms with Crippen LogP contribution in [0.2, 0.25) is 0 Å². The van der Waals surface area contributed by atoms with Crippen LogP contribution in [0.3, 0.4) is 0 Å². The Hall–Kier alpha value is -1.18. The highest BCUT2D eigenvalue weighted by atomic mass is 19.1. The van der Waals surface area contributed by atoms with Gasteiger partial charge in [-0.25, -0.2) is 8.78 Å². The van der Waals surface area contributed by atoms with Crippen LogP contribution in [0.1, 0.15) is 81.8 Å². The number of hydrogen-bond acceptors (Lipinski definition) is 0. The van der Waals surface area contributed by atoms with E-state index >= 15 is 0 Å². The molecule has 4 atom stereocenters. The Kier molecular flexibility index (Phi) is 6.30. The molecule has 2 aliphatic carbocycles. The van der Waals surface area contributed by atoms with Gasteiger partial charge in [-0.15, -0.1) is 6.58 Å². The molecule has 1 unspecified atom stereocenters. The fraction of sp³-hybridized carbons (Fsp3) is 0.652. The van der Waals surface area contributed by atoms with Gasteiger partial charge in [-0.3, -0.25) is 0 Å². The molecule has 0 bridgehead atoms. The summed E-state index contributed by atoms with van der Waals surface area (Å²) in [6.45, 7) is 5.80. The van der Waals surface area contributed by atoms with Crippen molar-refractivity contribution in [1.29, 1.82) is 0 Å². The lowest BCUT2D eigenvalue weighted by atomic mass is 9.63. The number of hydrogen-bond donors (Lipinski definition) is 0. The van der Waals surface area contributed by atoms with Gasteiger partial charge in [-0.1, -0.05) is 25.8 Å². The molecule has 2 saturated carbocycles. The summed E-state index contributed by atoms with van der Waals surface area (Å²) in [4.78, 5) is 0. The predicted molar refractivity (Wildman–Crippen MR) is 101 cm³/mol. The number of halogens is 2. The van der Waals surface area contributed by atoms with Gasteiger partial charge in [0.05, 0.1) is 0 Å². The molecular formula is C23H32F2. The zero-order chi connectivity index (χ0) is 17.8. The van der Waals surface area contributed by atoms with Crippen molar-refractivity contribution in [2.45, 2.75) is 77.0 Å². The molecule has 0 amide bonds. The smallest absolute Gasteiger partial charge is 0.129 e. The van der Waals surface area contributed by atoms with Crippen molar-refractivity contribution >= 4 is 0 Å². The summed E-state index contributed by atoms with van der Waals surface area (Å²) < 4.78 is 28.6. The molecule has 0 heterocycles. The average Bonchev–Trinajstić information content (AvgIpc) is 2.62. The van der Waals surface area contributed by atoms with E-state index in [1.165, 1.54) is 32.1 Å². The maximum atomic E-state index is 14.3. The van der Waals surface area contributed by atoms with E-state index in [1.807, 2.05) is 13.0 Å². The van der Waals surface area contributed by atoms with Crippen molar-refractivity contribution in [1.82, 2.24) is 0 Å². The molecule has 0 aromatic heterocycles. The van der Waals surface area contributed by atoms with Crippen LogP contribution < -0.4 is 0 Å². The Morgan fingerprint density at radius 1 is 1.04 bits per heavy atom. The van der Waals surface area contributed by atoms with E-state index in [0.717, 1.165) is 49.0 Å². The van der Waals surface area contributed by atoms with Crippen LogP contribution in [0.5, 0.6) is 0 Å². The van der Waals surface area contributed by atoms with Gasteiger partial charge in [0.15, 0.2) is 0 Å². The lowest BCUT2D eigenvalue weighted by molar-refractivity contribution is 0.115. The molecule has 3 rings (SSSR count). The highest BCUT2D eigenvalue weighted by Gasteiger charge is 2.36. The minimum atomic E-state index is -0.341. The molecule has 1 aromatic carbocycles. The lowest BCUT2D eigenvalue weighted by Crippen LogP contribution is -2.30. The van der Waals surface area contributed by atoms with Crippen molar-refractivity contribution in [2.75, 3.05) is 0 Å². The summed E-state index contributed by atoms with van der Waals surface area (Å²) in [7, 11) is 0. The minimum absolute atomic E-state index is 0.266. The average molecular weight is 347 g/mol. The van der Waals surface area contributed by atoms with E-state index in [0.29, 0.717) is 12.3 Å². The second-order valence-corrected chi connectivity index (χ2v) is 8.29. The molecule has 2 heteroatoms. The van der Waals surface area contributed by atoms with E-state index in [9.17, 15) is 8.78 Å². The number of fused-ring (bicyclic) bond motifs is 1. The molecule has 0 saturated heterocycles. The zero-order valence-corrected chi connectivity index (χ0v) is 15.6. The van der Waals surface area contributed by atoms with Gasteiger partial charge < -0.3 is 0 Å². The topological polar surface area (TPSA) is 0 Å². The Morgan fingerprint density at radius 2 is 1.72 bits per heavy atom. The molecule has 25 heavy (non-hydrogen) atoms. The van der Waals surface area contributed by atoms with Gasteiger partial charge in [-0.2, -0.15) is 0 Å². The van der Waals surface area contributed by atoms with Crippen molar-refractivity contribution in [3.05, 3.63) is 47.5 Å². The maximum absolute atomic E-state index is 14.3. The van der Waals surface area contributed by atoms with Gasteiger partial charge in [0.25, 0.3) is 0 Å². The molecule has 1 aromatic rings. The van der Waals surface area contributed by atoms with Gasteiger partial charge in [0.2, 0.25) is 0 Å². The summed E-state index contributed by atoms with van der Waals surface area (Å²) in [6.07, 6.45) is 13.1. The van der Waals surface area contributed by atoms with E-state index in [-0.39, 0.29) is 17.2 Å². The zero-order valence-electron chi connectivity index (χ0n) is 15.6. The van der Waals surface area contributed by atoms with Crippen molar-refractivity contribution in [3.8, 4) is 0 Å². The van der Waals surface area contributed by atoms with E-state index in [1.54, 1.807) is 12.1 Å². The van der Waals surface area contributed by atoms with Crippen molar-refractivity contribution < 1.29 is 8.78 Å². The third-order valence-electron chi connectivity index (χ3n) is 6.64. The highest BCUT2D eigenvalue weighted by Crippen LogP contribution is 2.48. The fourth-order valence-electron chi connectivity index (χ4n) is 5.25. The largest absolute Gasteiger partial charge is 0.207 e. The first-order valence-electron chi connectivity index (χ1n) is 10.2. The molecule has 2 fully saturated rings. The summed E-state index contributed by atoms with van der Waals surface area (Å²) in [5, 5.41) is 0. The Labute approximate surface area is 151 Å². The van der Waals surface area contributed by atoms with Gasteiger partial charge >= 0.3 is 0 Å². The van der Waals surface area contributed by atoms with E-state index in [4.69, 9.17) is 0 Å². The first-order valence-corrected chi connectivity index (χ1v) is 10.2. The van der Waals surface area contributed by atoms with Crippen molar-refractivity contribution in [2.24, 2.45) is 17.8 Å². The number of benzene rings is 1. The third-order valence-corrected chi connectivity index (χ3v) is 6.64. The molecule has 0 N–H and O–H groups in total. The molecular weight excluding hydrogens is 314 g/mol. The second kappa shape index (κ2) is 8.47. The van der Waals surface area contributed by atoms with Crippen LogP contribution in [0.25, 0.3) is 0 Å². The second-order valence-electron chi connectivity index (χ2n) is 8.29. The number of allylic oxidation sites excluding steroid dienone is 1. The van der Waals surface area contributed by atoms with Gasteiger partial charge in [0, 0.05) is 5.56 Å². The van der Waals surface area contributed by atoms with Gasteiger partial charge in [0.1, 0.15) is 11.6 Å². The maximum Gasteiger partial charge on any atom is 0.129 e. The molecule has 138 valence electrons. The molecule has 2 aliphatic rings. The summed E-state index contributed by atoms with van der Waals surface area (Å²) >= 11 is 0. The summed E-state index contributed by atoms with van der Waals surface area (Å²) in [5.41, 5.74) is 1.16. The fourth-order valence-corrected chi connectivity index (χ4v) is 5.25. The molecule has 0 aliphatic heterocycles. The van der Waals surface area contributed by atoms with Crippen LogP contribution in [0.4, 0.5) is 8.78 Å². The highest BCUT2D eigenvalue weighted by molar-refractivity contribution is 5.29. The summed E-state index contributed by atoms with van der Waals surface area (Å²) in [6, 6.07) is 3.24. The van der Waals surface area contributed by atoms with Crippen molar-refractivity contribution in [3.63, 3.8) is 0 Å². The Balaban J connectivity index is 1.65. The van der Waals surface area contributed by atoms with E-state index in [2.05, 4.69) is 6.58 Å². The predicted octanol–water partition coefficient (Wildman–Crippen LogP) is 7.18. The minimum Gasteiger partial charge on any atom is -0.207 e.